The maximum atomic E-state index is 10.9. The van der Waals surface area contributed by atoms with Crippen molar-refractivity contribution < 1.29 is 4.52 Å². The van der Waals surface area contributed by atoms with Crippen LogP contribution in [0.5, 0.6) is 0 Å². The minimum atomic E-state index is -0.307. The van der Waals surface area contributed by atoms with Crippen molar-refractivity contribution in [3.05, 3.63) is 32.2 Å². The van der Waals surface area contributed by atoms with E-state index in [2.05, 4.69) is 32.3 Å². The average Bonchev–Trinajstić information content (AvgIpc) is 2.35. The Bertz CT molecular complexity index is 443. The largest absolute Gasteiger partial charge is 0.365 e. The second kappa shape index (κ2) is 2.37. The number of fused-ring (bicyclic) bond motifs is 1. The second-order valence-corrected chi connectivity index (χ2v) is 3.32. The summed E-state index contributed by atoms with van der Waals surface area (Å²) in [5.41, 5.74) is 0.469. The van der Waals surface area contributed by atoms with E-state index in [1.807, 2.05) is 12.1 Å². The third-order valence-corrected chi connectivity index (χ3v) is 2.38. The quantitative estimate of drug-likeness (QED) is 0.734. The molecule has 2 aromatic rings. The summed E-state index contributed by atoms with van der Waals surface area (Å²) < 4.78 is 5.60. The van der Waals surface area contributed by atoms with Crippen LogP contribution >= 0.6 is 22.6 Å². The van der Waals surface area contributed by atoms with E-state index < -0.39 is 0 Å². The van der Waals surface area contributed by atoms with Crippen molar-refractivity contribution in [1.82, 2.24) is 5.16 Å². The molecule has 0 fully saturated rings. The van der Waals surface area contributed by atoms with Gasteiger partial charge in [0.25, 0.3) is 0 Å². The van der Waals surface area contributed by atoms with Gasteiger partial charge < -0.3 is 4.52 Å². The molecule has 0 aliphatic heterocycles. The molecule has 0 radical (unpaired) electrons. The zero-order valence-corrected chi connectivity index (χ0v) is 7.58. The van der Waals surface area contributed by atoms with Crippen molar-refractivity contribution in [2.24, 2.45) is 0 Å². The van der Waals surface area contributed by atoms with E-state index in [1.54, 1.807) is 6.07 Å². The summed E-state index contributed by atoms with van der Waals surface area (Å²) in [6, 6.07) is 5.48. The second-order valence-electron chi connectivity index (χ2n) is 2.15. The molecule has 0 amide bonds. The number of nitrogens with one attached hydrogen (secondary N) is 1. The highest BCUT2D eigenvalue weighted by Crippen LogP contribution is 2.14. The van der Waals surface area contributed by atoms with Gasteiger partial charge in [-0.1, -0.05) is 6.07 Å². The van der Waals surface area contributed by atoms with Crippen LogP contribution in [-0.2, 0) is 0 Å². The van der Waals surface area contributed by atoms with Gasteiger partial charge in [0.05, 0.1) is 10.9 Å². The Labute approximate surface area is 75.5 Å². The molecule has 1 aromatic heterocycles. The summed E-state index contributed by atoms with van der Waals surface area (Å²) in [5.74, 6) is 0. The average molecular weight is 261 g/mol. The third kappa shape index (κ3) is 0.973. The lowest BCUT2D eigenvalue weighted by molar-refractivity contribution is 0.399. The van der Waals surface area contributed by atoms with Crippen molar-refractivity contribution in [1.29, 1.82) is 0 Å². The normalized spacial score (nSPS) is 10.6. The van der Waals surface area contributed by atoms with Crippen LogP contribution in [0.4, 0.5) is 0 Å². The monoisotopic (exact) mass is 261 g/mol. The molecule has 0 spiro atoms. The van der Waals surface area contributed by atoms with E-state index in [0.29, 0.717) is 5.39 Å². The Kier molecular flexibility index (Phi) is 1.49. The van der Waals surface area contributed by atoms with Gasteiger partial charge in [-0.05, 0) is 34.7 Å². The number of halogens is 1. The lowest BCUT2D eigenvalue weighted by Gasteiger charge is -1.87. The van der Waals surface area contributed by atoms with Gasteiger partial charge in [-0.2, -0.15) is 0 Å². The van der Waals surface area contributed by atoms with Gasteiger partial charge in [0.1, 0.15) is 0 Å². The van der Waals surface area contributed by atoms with E-state index in [-0.39, 0.29) is 5.63 Å². The van der Waals surface area contributed by atoms with Crippen molar-refractivity contribution in [2.75, 3.05) is 0 Å². The van der Waals surface area contributed by atoms with Gasteiger partial charge in [0.2, 0.25) is 0 Å². The topological polar surface area (TPSA) is 46.0 Å². The number of hydrogen-bond donors (Lipinski definition) is 1. The molecule has 3 nitrogen and oxygen atoms in total. The first-order valence-corrected chi connectivity index (χ1v) is 4.12. The number of aromatic amines is 1. The summed E-state index contributed by atoms with van der Waals surface area (Å²) >= 11 is 2.14. The SMILES string of the molecule is O=c1o[nH]c2c(I)cccc12. The molecule has 1 heterocycles. The van der Waals surface area contributed by atoms with Gasteiger partial charge in [0.15, 0.2) is 0 Å². The Hall–Kier alpha value is -0.780. The smallest absolute Gasteiger partial charge is 0.338 e. The van der Waals surface area contributed by atoms with Gasteiger partial charge >= 0.3 is 5.63 Å². The lowest BCUT2D eigenvalue weighted by Crippen LogP contribution is -1.89. The molecule has 4 heteroatoms. The molecular weight excluding hydrogens is 257 g/mol. The summed E-state index contributed by atoms with van der Waals surface area (Å²) in [5, 5.41) is 3.17. The molecule has 0 bridgehead atoms. The van der Waals surface area contributed by atoms with Crippen LogP contribution in [0, 0.1) is 3.57 Å². The van der Waals surface area contributed by atoms with E-state index in [1.165, 1.54) is 0 Å². The maximum absolute atomic E-state index is 10.9. The zero-order chi connectivity index (χ0) is 7.84. The molecule has 0 aliphatic rings. The fourth-order valence-electron chi connectivity index (χ4n) is 0.950. The van der Waals surface area contributed by atoms with Crippen LogP contribution in [0.1, 0.15) is 0 Å². The molecule has 11 heavy (non-hydrogen) atoms. The van der Waals surface area contributed by atoms with Gasteiger partial charge in [-0.15, -0.1) is 0 Å². The van der Waals surface area contributed by atoms with Crippen molar-refractivity contribution in [3.63, 3.8) is 0 Å². The predicted octanol–water partition coefficient (Wildman–Crippen LogP) is 1.73. The van der Waals surface area contributed by atoms with Crippen LogP contribution in [0.2, 0.25) is 0 Å². The van der Waals surface area contributed by atoms with E-state index in [4.69, 9.17) is 0 Å². The number of rotatable bonds is 0. The molecule has 0 unspecified atom stereocenters. The predicted molar refractivity (Wildman–Crippen MR) is 49.6 cm³/mol. The fourth-order valence-corrected chi connectivity index (χ4v) is 1.56. The fraction of sp³-hybridized carbons (Fsp3) is 0. The Morgan fingerprint density at radius 2 is 2.27 bits per heavy atom. The molecule has 1 N–H and O–H groups in total. The van der Waals surface area contributed by atoms with Crippen molar-refractivity contribution in [3.8, 4) is 0 Å². The third-order valence-electron chi connectivity index (χ3n) is 1.48. The minimum absolute atomic E-state index is 0.307. The van der Waals surface area contributed by atoms with Gasteiger partial charge in [-0.3, -0.25) is 0 Å². The van der Waals surface area contributed by atoms with E-state index in [0.717, 1.165) is 9.09 Å². The van der Waals surface area contributed by atoms with E-state index in [9.17, 15) is 4.79 Å². The first-order chi connectivity index (χ1) is 5.29. The van der Waals surface area contributed by atoms with Crippen LogP contribution in [-0.4, -0.2) is 5.16 Å². The van der Waals surface area contributed by atoms with Crippen LogP contribution in [0.3, 0.4) is 0 Å². The number of benzene rings is 1. The maximum Gasteiger partial charge on any atom is 0.365 e. The van der Waals surface area contributed by atoms with E-state index >= 15 is 0 Å². The van der Waals surface area contributed by atoms with Gasteiger partial charge in [0, 0.05) is 3.57 Å². The number of para-hydroxylation sites is 1. The van der Waals surface area contributed by atoms with Crippen LogP contribution < -0.4 is 5.63 Å². The molecule has 56 valence electrons. The first-order valence-electron chi connectivity index (χ1n) is 3.05. The Morgan fingerprint density at radius 3 is 3.00 bits per heavy atom. The Balaban J connectivity index is 3.06. The molecule has 1 aromatic carbocycles. The summed E-state index contributed by atoms with van der Waals surface area (Å²) in [6.45, 7) is 0. The first kappa shape index (κ1) is 6.90. The molecule has 0 saturated heterocycles. The lowest BCUT2D eigenvalue weighted by atomic mass is 10.3. The molecule has 0 aliphatic carbocycles. The van der Waals surface area contributed by atoms with Gasteiger partial charge in [-0.25, -0.2) is 9.95 Å². The molecular formula is C7H4INO2. The van der Waals surface area contributed by atoms with Crippen molar-refractivity contribution in [2.45, 2.75) is 0 Å². The zero-order valence-electron chi connectivity index (χ0n) is 5.43. The standard InChI is InChI=1S/C7H4INO2/c8-5-3-1-2-4-6(5)9-11-7(4)10/h1-3,9H. The highest BCUT2D eigenvalue weighted by molar-refractivity contribution is 14.1. The number of H-pyrrole nitrogens is 1. The highest BCUT2D eigenvalue weighted by Gasteiger charge is 2.03. The summed E-state index contributed by atoms with van der Waals surface area (Å²) in [6.07, 6.45) is 0. The summed E-state index contributed by atoms with van der Waals surface area (Å²) in [4.78, 5) is 10.9. The molecule has 0 saturated carbocycles. The molecule has 2 rings (SSSR count). The Morgan fingerprint density at radius 1 is 1.45 bits per heavy atom. The van der Waals surface area contributed by atoms with Crippen molar-refractivity contribution >= 4 is 33.5 Å². The number of hydrogen-bond acceptors (Lipinski definition) is 2. The molecule has 0 atom stereocenters. The summed E-state index contributed by atoms with van der Waals surface area (Å²) in [7, 11) is 0. The van der Waals surface area contributed by atoms with Crippen LogP contribution in [0.25, 0.3) is 10.9 Å². The minimum Gasteiger partial charge on any atom is -0.338 e. The highest BCUT2D eigenvalue weighted by atomic mass is 127. The number of aromatic nitrogens is 1. The van der Waals surface area contributed by atoms with Crippen LogP contribution in [0.15, 0.2) is 27.5 Å².